The van der Waals surface area contributed by atoms with Gasteiger partial charge in [0.1, 0.15) is 0 Å². The van der Waals surface area contributed by atoms with Gasteiger partial charge in [0.25, 0.3) is 0 Å². The van der Waals surface area contributed by atoms with Crippen LogP contribution in [0.15, 0.2) is 11.6 Å². The number of esters is 2. The van der Waals surface area contributed by atoms with E-state index in [2.05, 4.69) is 6.08 Å². The molecule has 1 N–H and O–H groups in total. The van der Waals surface area contributed by atoms with Gasteiger partial charge in [0.15, 0.2) is 5.41 Å². The summed E-state index contributed by atoms with van der Waals surface area (Å²) in [5.74, 6) is -1.20. The number of aliphatic hydroxyl groups is 1. The number of aliphatic hydroxyl groups excluding tert-OH is 1. The lowest BCUT2D eigenvalue weighted by Crippen LogP contribution is -2.48. The van der Waals surface area contributed by atoms with Crippen LogP contribution in [0.5, 0.6) is 0 Å². The molecular formula is C17H26O5. The highest BCUT2D eigenvalue weighted by Gasteiger charge is 2.53. The van der Waals surface area contributed by atoms with E-state index in [1.54, 1.807) is 0 Å². The SMILES string of the molecule is COC(=O)C1(C(=O)OC)C[C@@H](O)C[C@H](C=C2CCCCC2)C1. The molecule has 5 heteroatoms. The summed E-state index contributed by atoms with van der Waals surface area (Å²) in [6, 6.07) is 0. The molecule has 2 aliphatic rings. The number of hydrogen-bond acceptors (Lipinski definition) is 5. The Morgan fingerprint density at radius 2 is 1.68 bits per heavy atom. The van der Waals surface area contributed by atoms with Gasteiger partial charge in [-0.1, -0.05) is 18.1 Å². The van der Waals surface area contributed by atoms with Crippen LogP contribution in [0, 0.1) is 11.3 Å². The van der Waals surface area contributed by atoms with Crippen LogP contribution in [0.1, 0.15) is 51.4 Å². The lowest BCUT2D eigenvalue weighted by atomic mass is 9.67. The average Bonchev–Trinajstić information content (AvgIpc) is 2.53. The van der Waals surface area contributed by atoms with Gasteiger partial charge in [-0.15, -0.1) is 0 Å². The summed E-state index contributed by atoms with van der Waals surface area (Å²) in [4.78, 5) is 24.4. The fourth-order valence-corrected chi connectivity index (χ4v) is 3.89. The number of carbonyl (C=O) groups is 2. The van der Waals surface area contributed by atoms with Crippen molar-refractivity contribution in [2.45, 2.75) is 57.5 Å². The van der Waals surface area contributed by atoms with Gasteiger partial charge in [-0.25, -0.2) is 0 Å². The third-order valence-corrected chi connectivity index (χ3v) is 4.89. The smallest absolute Gasteiger partial charge is 0.323 e. The van der Waals surface area contributed by atoms with Gasteiger partial charge in [0.05, 0.1) is 20.3 Å². The molecule has 0 aromatic carbocycles. The lowest BCUT2D eigenvalue weighted by molar-refractivity contribution is -0.176. The molecule has 0 heterocycles. The Labute approximate surface area is 131 Å². The monoisotopic (exact) mass is 310 g/mol. The molecule has 0 bridgehead atoms. The van der Waals surface area contributed by atoms with Crippen LogP contribution in [0.2, 0.25) is 0 Å². The average molecular weight is 310 g/mol. The molecule has 0 aliphatic heterocycles. The van der Waals surface area contributed by atoms with E-state index < -0.39 is 23.5 Å². The minimum atomic E-state index is -1.38. The van der Waals surface area contributed by atoms with Crippen molar-refractivity contribution in [3.05, 3.63) is 11.6 Å². The van der Waals surface area contributed by atoms with E-state index in [4.69, 9.17) is 9.47 Å². The van der Waals surface area contributed by atoms with Crippen molar-refractivity contribution in [3.8, 4) is 0 Å². The maximum Gasteiger partial charge on any atom is 0.323 e. The van der Waals surface area contributed by atoms with Crippen LogP contribution in [0.4, 0.5) is 0 Å². The summed E-state index contributed by atoms with van der Waals surface area (Å²) in [5, 5.41) is 10.2. The number of methoxy groups -OCH3 is 2. The minimum Gasteiger partial charge on any atom is -0.468 e. The minimum absolute atomic E-state index is 0.00931. The van der Waals surface area contributed by atoms with Crippen molar-refractivity contribution in [2.75, 3.05) is 14.2 Å². The summed E-state index contributed by atoms with van der Waals surface area (Å²) in [5.41, 5.74) is 0.00590. The third kappa shape index (κ3) is 3.51. The Balaban J connectivity index is 2.23. The zero-order valence-corrected chi connectivity index (χ0v) is 13.5. The Kier molecular flexibility index (Phi) is 5.62. The quantitative estimate of drug-likeness (QED) is 0.492. The van der Waals surface area contributed by atoms with Crippen LogP contribution < -0.4 is 0 Å². The molecule has 0 amide bonds. The van der Waals surface area contributed by atoms with Gasteiger partial charge in [0.2, 0.25) is 0 Å². The molecule has 2 fully saturated rings. The number of rotatable bonds is 3. The topological polar surface area (TPSA) is 72.8 Å². The van der Waals surface area contributed by atoms with E-state index in [1.165, 1.54) is 39.1 Å². The summed E-state index contributed by atoms with van der Waals surface area (Å²) >= 11 is 0. The first kappa shape index (κ1) is 17.0. The fourth-order valence-electron chi connectivity index (χ4n) is 3.89. The van der Waals surface area contributed by atoms with Crippen LogP contribution in [0.3, 0.4) is 0 Å². The molecule has 22 heavy (non-hydrogen) atoms. The van der Waals surface area contributed by atoms with E-state index in [-0.39, 0.29) is 12.3 Å². The molecule has 0 radical (unpaired) electrons. The predicted molar refractivity (Wildman–Crippen MR) is 81.0 cm³/mol. The maximum absolute atomic E-state index is 12.2. The molecule has 124 valence electrons. The summed E-state index contributed by atoms with van der Waals surface area (Å²) in [6.45, 7) is 0. The molecule has 2 aliphatic carbocycles. The van der Waals surface area contributed by atoms with Gasteiger partial charge < -0.3 is 14.6 Å². The summed E-state index contributed by atoms with van der Waals surface area (Å²) in [7, 11) is 2.53. The molecule has 5 nitrogen and oxygen atoms in total. The van der Waals surface area contributed by atoms with E-state index >= 15 is 0 Å². The molecule has 2 rings (SSSR count). The fraction of sp³-hybridized carbons (Fsp3) is 0.765. The third-order valence-electron chi connectivity index (χ3n) is 4.89. The van der Waals surface area contributed by atoms with Crippen molar-refractivity contribution in [1.29, 1.82) is 0 Å². The highest BCUT2D eigenvalue weighted by Crippen LogP contribution is 2.43. The van der Waals surface area contributed by atoms with Gasteiger partial charge in [-0.2, -0.15) is 0 Å². The van der Waals surface area contributed by atoms with E-state index in [9.17, 15) is 14.7 Å². The maximum atomic E-state index is 12.2. The first-order valence-electron chi connectivity index (χ1n) is 8.06. The molecule has 0 saturated heterocycles. The summed E-state index contributed by atoms with van der Waals surface area (Å²) in [6.07, 6.45) is 8.30. The Bertz CT molecular complexity index is 430. The predicted octanol–water partition coefficient (Wildman–Crippen LogP) is 2.37. The number of hydrogen-bond donors (Lipinski definition) is 1. The van der Waals surface area contributed by atoms with Gasteiger partial charge in [-0.05, 0) is 44.4 Å². The van der Waals surface area contributed by atoms with E-state index in [0.29, 0.717) is 12.8 Å². The van der Waals surface area contributed by atoms with Crippen molar-refractivity contribution in [1.82, 2.24) is 0 Å². The Morgan fingerprint density at radius 1 is 1.09 bits per heavy atom. The highest BCUT2D eigenvalue weighted by molar-refractivity contribution is 6.00. The summed E-state index contributed by atoms with van der Waals surface area (Å²) < 4.78 is 9.66. The standard InChI is InChI=1S/C17H26O5/c1-21-15(19)17(16(20)22-2)10-13(9-14(18)11-17)8-12-6-4-3-5-7-12/h8,13-14,18H,3-7,9-11H2,1-2H3/t13-,14-/m0/s1. The molecule has 0 unspecified atom stereocenters. The van der Waals surface area contributed by atoms with Crippen molar-refractivity contribution >= 4 is 11.9 Å². The van der Waals surface area contributed by atoms with Crippen molar-refractivity contribution in [3.63, 3.8) is 0 Å². The number of allylic oxidation sites excluding steroid dienone is 2. The number of ether oxygens (including phenoxy) is 2. The molecule has 0 aromatic rings. The van der Waals surface area contributed by atoms with Gasteiger partial charge in [0, 0.05) is 6.42 Å². The molecule has 0 spiro atoms. The molecule has 0 aromatic heterocycles. The van der Waals surface area contributed by atoms with Gasteiger partial charge in [-0.3, -0.25) is 9.59 Å². The first-order chi connectivity index (χ1) is 10.5. The largest absolute Gasteiger partial charge is 0.468 e. The second-order valence-electron chi connectivity index (χ2n) is 6.51. The van der Waals surface area contributed by atoms with Crippen molar-refractivity contribution in [2.24, 2.45) is 11.3 Å². The van der Waals surface area contributed by atoms with Crippen LogP contribution in [-0.4, -0.2) is 37.4 Å². The second kappa shape index (κ2) is 7.27. The molecule has 2 saturated carbocycles. The zero-order chi connectivity index (χ0) is 16.2. The van der Waals surface area contributed by atoms with Gasteiger partial charge >= 0.3 is 11.9 Å². The zero-order valence-electron chi connectivity index (χ0n) is 13.5. The first-order valence-corrected chi connectivity index (χ1v) is 8.06. The number of carbonyl (C=O) groups excluding carboxylic acids is 2. The highest BCUT2D eigenvalue weighted by atomic mass is 16.5. The molecular weight excluding hydrogens is 284 g/mol. The Morgan fingerprint density at radius 3 is 2.23 bits per heavy atom. The van der Waals surface area contributed by atoms with Crippen LogP contribution >= 0.6 is 0 Å². The Hall–Kier alpha value is -1.36. The normalized spacial score (nSPS) is 27.9. The van der Waals surface area contributed by atoms with Crippen molar-refractivity contribution < 1.29 is 24.2 Å². The van der Waals surface area contributed by atoms with Crippen LogP contribution in [0.25, 0.3) is 0 Å². The van der Waals surface area contributed by atoms with E-state index in [0.717, 1.165) is 12.8 Å². The van der Waals surface area contributed by atoms with Crippen LogP contribution in [-0.2, 0) is 19.1 Å². The second-order valence-corrected chi connectivity index (χ2v) is 6.51. The molecule has 2 atom stereocenters. The lowest BCUT2D eigenvalue weighted by Gasteiger charge is -2.38. The van der Waals surface area contributed by atoms with E-state index in [1.807, 2.05) is 0 Å².